The van der Waals surface area contributed by atoms with Gasteiger partial charge in [-0.3, -0.25) is 4.79 Å². The first-order valence-corrected chi connectivity index (χ1v) is 8.03. The minimum atomic E-state index is -0.0413. The highest BCUT2D eigenvalue weighted by atomic mass is 16.3. The summed E-state index contributed by atoms with van der Waals surface area (Å²) in [6, 6.07) is 19.4. The van der Waals surface area contributed by atoms with Crippen LogP contribution in [0.3, 0.4) is 0 Å². The zero-order chi connectivity index (χ0) is 16.2. The second-order valence-electron chi connectivity index (χ2n) is 5.62. The Bertz CT molecular complexity index is 772. The molecule has 0 fully saturated rings. The lowest BCUT2D eigenvalue weighted by Gasteiger charge is -2.06. The van der Waals surface area contributed by atoms with Gasteiger partial charge in [-0.2, -0.15) is 0 Å². The van der Waals surface area contributed by atoms with Crippen molar-refractivity contribution < 1.29 is 4.42 Å². The molecular weight excluding hydrogens is 284 g/mol. The lowest BCUT2D eigenvalue weighted by Crippen LogP contribution is -1.98. The van der Waals surface area contributed by atoms with Gasteiger partial charge in [-0.1, -0.05) is 62.4 Å². The molecule has 2 heteroatoms. The van der Waals surface area contributed by atoms with Crippen molar-refractivity contribution in [2.24, 2.45) is 0 Å². The quantitative estimate of drug-likeness (QED) is 0.671. The first kappa shape index (κ1) is 15.3. The van der Waals surface area contributed by atoms with Crippen LogP contribution in [0.25, 0.3) is 22.6 Å². The maximum Gasteiger partial charge on any atom is 0.186 e. The van der Waals surface area contributed by atoms with Gasteiger partial charge in [0.2, 0.25) is 0 Å². The van der Waals surface area contributed by atoms with Gasteiger partial charge >= 0.3 is 0 Å². The molecule has 0 radical (unpaired) electrons. The van der Waals surface area contributed by atoms with Crippen molar-refractivity contribution in [2.75, 3.05) is 0 Å². The summed E-state index contributed by atoms with van der Waals surface area (Å²) in [6.45, 7) is 4.24. The number of benzene rings is 2. The third kappa shape index (κ3) is 3.42. The van der Waals surface area contributed by atoms with Gasteiger partial charge in [0, 0.05) is 23.3 Å². The van der Waals surface area contributed by atoms with Crippen molar-refractivity contribution in [3.05, 3.63) is 82.0 Å². The van der Waals surface area contributed by atoms with Crippen LogP contribution in [0.2, 0.25) is 0 Å². The minimum Gasteiger partial charge on any atom is -0.456 e. The smallest absolute Gasteiger partial charge is 0.186 e. The second kappa shape index (κ2) is 6.66. The summed E-state index contributed by atoms with van der Waals surface area (Å²) < 4.78 is 5.98. The predicted octanol–water partition coefficient (Wildman–Crippen LogP) is 5.10. The van der Waals surface area contributed by atoms with Gasteiger partial charge in [0.05, 0.1) is 0 Å². The summed E-state index contributed by atoms with van der Waals surface area (Å²) in [5.41, 5.74) is 4.34. The van der Waals surface area contributed by atoms with E-state index in [0.29, 0.717) is 11.5 Å². The zero-order valence-electron chi connectivity index (χ0n) is 13.5. The first-order valence-electron chi connectivity index (χ1n) is 8.03. The molecule has 23 heavy (non-hydrogen) atoms. The van der Waals surface area contributed by atoms with Crippen LogP contribution in [-0.2, 0) is 12.8 Å². The molecule has 0 atom stereocenters. The van der Waals surface area contributed by atoms with Crippen LogP contribution in [0.4, 0.5) is 0 Å². The van der Waals surface area contributed by atoms with Crippen LogP contribution < -0.4 is 5.43 Å². The molecule has 2 nitrogen and oxygen atoms in total. The largest absolute Gasteiger partial charge is 0.456 e. The molecule has 0 saturated heterocycles. The predicted molar refractivity (Wildman–Crippen MR) is 94.6 cm³/mol. The topological polar surface area (TPSA) is 30.2 Å². The Balaban J connectivity index is 2.02. The maximum atomic E-state index is 12.0. The molecule has 0 amide bonds. The molecule has 0 aliphatic carbocycles. The highest BCUT2D eigenvalue weighted by Gasteiger charge is 2.07. The molecule has 0 N–H and O–H groups in total. The molecule has 0 aliphatic rings. The van der Waals surface area contributed by atoms with Gasteiger partial charge in [-0.05, 0) is 24.0 Å². The Hall–Kier alpha value is -2.61. The fourth-order valence-electron chi connectivity index (χ4n) is 2.57. The van der Waals surface area contributed by atoms with E-state index in [1.807, 2.05) is 24.3 Å². The van der Waals surface area contributed by atoms with Crippen LogP contribution in [0.1, 0.15) is 25.0 Å². The molecule has 0 unspecified atom stereocenters. The van der Waals surface area contributed by atoms with E-state index in [0.717, 1.165) is 24.0 Å². The van der Waals surface area contributed by atoms with Gasteiger partial charge in [0.15, 0.2) is 5.43 Å². The summed E-state index contributed by atoms with van der Waals surface area (Å²) >= 11 is 0. The average molecular weight is 304 g/mol. The van der Waals surface area contributed by atoms with Crippen molar-refractivity contribution in [2.45, 2.75) is 26.7 Å². The lowest BCUT2D eigenvalue weighted by atomic mass is 10.1. The second-order valence-corrected chi connectivity index (χ2v) is 5.62. The van der Waals surface area contributed by atoms with Crippen LogP contribution >= 0.6 is 0 Å². The van der Waals surface area contributed by atoms with E-state index < -0.39 is 0 Å². The van der Waals surface area contributed by atoms with E-state index in [4.69, 9.17) is 4.42 Å². The van der Waals surface area contributed by atoms with E-state index in [-0.39, 0.29) is 5.43 Å². The molecule has 0 aliphatic heterocycles. The van der Waals surface area contributed by atoms with Gasteiger partial charge in [-0.25, -0.2) is 0 Å². The molecule has 116 valence electrons. The zero-order valence-corrected chi connectivity index (χ0v) is 13.5. The Morgan fingerprint density at radius 3 is 1.43 bits per heavy atom. The van der Waals surface area contributed by atoms with E-state index >= 15 is 0 Å². The van der Waals surface area contributed by atoms with E-state index in [1.54, 1.807) is 12.1 Å². The van der Waals surface area contributed by atoms with Crippen molar-refractivity contribution in [1.29, 1.82) is 0 Å². The Kier molecular flexibility index (Phi) is 4.42. The van der Waals surface area contributed by atoms with E-state index in [1.165, 1.54) is 11.1 Å². The van der Waals surface area contributed by atoms with Gasteiger partial charge in [-0.15, -0.1) is 0 Å². The molecule has 0 spiro atoms. The fraction of sp³-hybridized carbons (Fsp3) is 0.190. The van der Waals surface area contributed by atoms with E-state index in [2.05, 4.69) is 38.1 Å². The van der Waals surface area contributed by atoms with Gasteiger partial charge in [0.1, 0.15) is 11.5 Å². The molecule has 2 aromatic carbocycles. The van der Waals surface area contributed by atoms with Gasteiger partial charge < -0.3 is 4.42 Å². The number of aryl methyl sites for hydroxylation is 2. The molecular formula is C21H20O2. The van der Waals surface area contributed by atoms with Crippen molar-refractivity contribution >= 4 is 0 Å². The molecule has 1 heterocycles. The molecule has 0 bridgehead atoms. The summed E-state index contributed by atoms with van der Waals surface area (Å²) in [5.74, 6) is 1.21. The van der Waals surface area contributed by atoms with Crippen LogP contribution in [-0.4, -0.2) is 0 Å². The standard InChI is InChI=1S/C21H20O2/c1-3-15-5-9-17(10-6-15)20-13-19(22)14-21(23-20)18-11-7-16(4-2)8-12-18/h5-14H,3-4H2,1-2H3. The summed E-state index contributed by atoms with van der Waals surface area (Å²) in [7, 11) is 0. The number of hydrogen-bond acceptors (Lipinski definition) is 2. The average Bonchev–Trinajstić information content (AvgIpc) is 2.61. The minimum absolute atomic E-state index is 0.0413. The number of hydrogen-bond donors (Lipinski definition) is 0. The first-order chi connectivity index (χ1) is 11.2. The SMILES string of the molecule is CCc1ccc(-c2cc(=O)cc(-c3ccc(CC)cc3)o2)cc1. The molecule has 1 aromatic heterocycles. The highest BCUT2D eigenvalue weighted by molar-refractivity contribution is 5.63. The third-order valence-electron chi connectivity index (χ3n) is 4.06. The highest BCUT2D eigenvalue weighted by Crippen LogP contribution is 2.25. The van der Waals surface area contributed by atoms with Crippen LogP contribution in [0.15, 0.2) is 69.9 Å². The summed E-state index contributed by atoms with van der Waals surface area (Å²) in [5, 5.41) is 0. The summed E-state index contributed by atoms with van der Waals surface area (Å²) in [6.07, 6.45) is 1.99. The van der Waals surface area contributed by atoms with Crippen molar-refractivity contribution in [3.63, 3.8) is 0 Å². The number of rotatable bonds is 4. The third-order valence-corrected chi connectivity index (χ3v) is 4.06. The maximum absolute atomic E-state index is 12.0. The summed E-state index contributed by atoms with van der Waals surface area (Å²) in [4.78, 5) is 12.0. The fourth-order valence-corrected chi connectivity index (χ4v) is 2.57. The molecule has 0 saturated carbocycles. The van der Waals surface area contributed by atoms with Crippen molar-refractivity contribution in [1.82, 2.24) is 0 Å². The Morgan fingerprint density at radius 2 is 1.09 bits per heavy atom. The van der Waals surface area contributed by atoms with Crippen LogP contribution in [0.5, 0.6) is 0 Å². The van der Waals surface area contributed by atoms with Gasteiger partial charge in [0.25, 0.3) is 0 Å². The molecule has 3 aromatic rings. The Labute approximate surface area is 136 Å². The molecule has 3 rings (SSSR count). The lowest BCUT2D eigenvalue weighted by molar-refractivity contribution is 0.580. The van der Waals surface area contributed by atoms with Crippen molar-refractivity contribution in [3.8, 4) is 22.6 Å². The monoisotopic (exact) mass is 304 g/mol. The van der Waals surface area contributed by atoms with E-state index in [9.17, 15) is 4.79 Å². The normalized spacial score (nSPS) is 10.7. The van der Waals surface area contributed by atoms with Crippen LogP contribution in [0, 0.1) is 0 Å². The Morgan fingerprint density at radius 1 is 0.696 bits per heavy atom.